The molecule has 0 aliphatic carbocycles. The third kappa shape index (κ3) is 4.58. The maximum absolute atomic E-state index is 13.4. The number of amides is 3. The fourth-order valence-corrected chi connectivity index (χ4v) is 3.56. The lowest BCUT2D eigenvalue weighted by Crippen LogP contribution is -2.63. The Hall–Kier alpha value is -3.45. The molecule has 0 saturated carbocycles. The number of nitrogens with zero attached hydrogens (tertiary/aromatic N) is 2. The molecule has 2 aromatic carbocycles. The zero-order valence-electron chi connectivity index (χ0n) is 16.6. The molecule has 2 aromatic rings. The average Bonchev–Trinajstić information content (AvgIpc) is 2.76. The van der Waals surface area contributed by atoms with Crippen LogP contribution < -0.4 is 0 Å². The SMILES string of the molecule is C=CCC1(COCc2ccccc2)CN(C(=O)O)CN(C(=O)c2ccccc2)C1=O. The van der Waals surface area contributed by atoms with E-state index >= 15 is 0 Å². The highest BCUT2D eigenvalue weighted by Gasteiger charge is 2.49. The summed E-state index contributed by atoms with van der Waals surface area (Å²) in [5, 5.41) is 9.61. The van der Waals surface area contributed by atoms with Crippen molar-refractivity contribution in [3.8, 4) is 0 Å². The van der Waals surface area contributed by atoms with Gasteiger partial charge in [-0.2, -0.15) is 0 Å². The molecule has 1 heterocycles. The van der Waals surface area contributed by atoms with Crippen molar-refractivity contribution in [2.75, 3.05) is 19.8 Å². The third-order valence-corrected chi connectivity index (χ3v) is 5.07. The molecule has 30 heavy (non-hydrogen) atoms. The molecule has 3 amide bonds. The number of rotatable bonds is 7. The van der Waals surface area contributed by atoms with Gasteiger partial charge in [0.25, 0.3) is 5.91 Å². The standard InChI is InChI=1S/C23H24N2O5/c1-2-13-23(16-30-14-18-9-5-3-6-10-18)15-24(22(28)29)17-25(21(23)27)20(26)19-11-7-4-8-12-19/h2-12H,1,13-17H2,(H,28,29). The third-order valence-electron chi connectivity index (χ3n) is 5.07. The predicted octanol–water partition coefficient (Wildman–Crippen LogP) is 3.39. The van der Waals surface area contributed by atoms with Crippen molar-refractivity contribution in [2.45, 2.75) is 13.0 Å². The maximum atomic E-state index is 13.4. The molecular weight excluding hydrogens is 384 g/mol. The molecule has 1 N–H and O–H groups in total. The van der Waals surface area contributed by atoms with Crippen molar-refractivity contribution in [2.24, 2.45) is 5.41 Å². The maximum Gasteiger partial charge on any atom is 0.408 e. The number of hydrogen-bond donors (Lipinski definition) is 1. The first-order chi connectivity index (χ1) is 14.5. The van der Waals surface area contributed by atoms with Gasteiger partial charge in [-0.1, -0.05) is 54.6 Å². The molecule has 1 atom stereocenters. The molecule has 7 nitrogen and oxygen atoms in total. The number of carboxylic acid groups (broad SMARTS) is 1. The van der Waals surface area contributed by atoms with E-state index in [1.165, 1.54) is 0 Å². The molecule has 7 heteroatoms. The van der Waals surface area contributed by atoms with E-state index in [-0.39, 0.29) is 32.8 Å². The summed E-state index contributed by atoms with van der Waals surface area (Å²) in [6.45, 7) is 3.57. The number of hydrogen-bond acceptors (Lipinski definition) is 4. The molecule has 156 valence electrons. The number of carbonyl (C=O) groups is 3. The molecule has 1 fully saturated rings. The molecule has 1 aliphatic heterocycles. The van der Waals surface area contributed by atoms with E-state index in [9.17, 15) is 19.5 Å². The van der Waals surface area contributed by atoms with Gasteiger partial charge in [0, 0.05) is 12.1 Å². The molecule has 1 saturated heterocycles. The fraction of sp³-hybridized carbons (Fsp3) is 0.261. The smallest absolute Gasteiger partial charge is 0.408 e. The van der Waals surface area contributed by atoms with Crippen molar-refractivity contribution in [3.63, 3.8) is 0 Å². The Balaban J connectivity index is 1.86. The van der Waals surface area contributed by atoms with Gasteiger partial charge in [0.05, 0.1) is 18.6 Å². The number of carbonyl (C=O) groups excluding carboxylic acids is 2. The number of ether oxygens (including phenoxy) is 1. The molecule has 0 bridgehead atoms. The highest BCUT2D eigenvalue weighted by Crippen LogP contribution is 2.33. The molecular formula is C23H24N2O5. The van der Waals surface area contributed by atoms with E-state index < -0.39 is 23.3 Å². The van der Waals surface area contributed by atoms with Gasteiger partial charge < -0.3 is 9.84 Å². The van der Waals surface area contributed by atoms with Crippen LogP contribution in [0.25, 0.3) is 0 Å². The molecule has 0 aromatic heterocycles. The Kier molecular flexibility index (Phi) is 6.64. The number of benzene rings is 2. The van der Waals surface area contributed by atoms with Gasteiger partial charge in [0.2, 0.25) is 5.91 Å². The van der Waals surface area contributed by atoms with Crippen LogP contribution in [0.5, 0.6) is 0 Å². The Morgan fingerprint density at radius 3 is 2.33 bits per heavy atom. The monoisotopic (exact) mass is 408 g/mol. The van der Waals surface area contributed by atoms with Crippen LogP contribution in [0.15, 0.2) is 73.3 Å². The van der Waals surface area contributed by atoms with Crippen LogP contribution in [0.4, 0.5) is 4.79 Å². The van der Waals surface area contributed by atoms with Gasteiger partial charge in [0.1, 0.15) is 6.67 Å². The van der Waals surface area contributed by atoms with Crippen LogP contribution in [0.3, 0.4) is 0 Å². The van der Waals surface area contributed by atoms with E-state index in [0.717, 1.165) is 15.4 Å². The summed E-state index contributed by atoms with van der Waals surface area (Å²) in [4.78, 5) is 40.2. The van der Waals surface area contributed by atoms with Gasteiger partial charge in [-0.05, 0) is 24.1 Å². The number of allylic oxidation sites excluding steroid dienone is 1. The second kappa shape index (κ2) is 9.37. The zero-order chi connectivity index (χ0) is 21.6. The summed E-state index contributed by atoms with van der Waals surface area (Å²) in [6, 6.07) is 17.8. The van der Waals surface area contributed by atoms with Gasteiger partial charge in [-0.25, -0.2) is 4.79 Å². The van der Waals surface area contributed by atoms with E-state index in [4.69, 9.17) is 4.74 Å². The van der Waals surface area contributed by atoms with Crippen LogP contribution in [0.1, 0.15) is 22.3 Å². The Morgan fingerprint density at radius 1 is 1.10 bits per heavy atom. The van der Waals surface area contributed by atoms with Gasteiger partial charge >= 0.3 is 6.09 Å². The van der Waals surface area contributed by atoms with Crippen LogP contribution in [-0.2, 0) is 16.1 Å². The van der Waals surface area contributed by atoms with Crippen molar-refractivity contribution in [3.05, 3.63) is 84.4 Å². The van der Waals surface area contributed by atoms with E-state index in [2.05, 4.69) is 6.58 Å². The first kappa shape index (κ1) is 21.3. The minimum atomic E-state index is -1.22. The van der Waals surface area contributed by atoms with E-state index in [1.54, 1.807) is 36.4 Å². The minimum absolute atomic E-state index is 0.0326. The summed E-state index contributed by atoms with van der Waals surface area (Å²) in [5.41, 5.74) is 0.0232. The van der Waals surface area contributed by atoms with Crippen LogP contribution in [0.2, 0.25) is 0 Å². The van der Waals surface area contributed by atoms with Crippen LogP contribution >= 0.6 is 0 Å². The molecule has 3 rings (SSSR count). The van der Waals surface area contributed by atoms with E-state index in [0.29, 0.717) is 5.56 Å². The highest BCUT2D eigenvalue weighted by atomic mass is 16.5. The second-order valence-corrected chi connectivity index (χ2v) is 7.28. The quantitative estimate of drug-likeness (QED) is 0.561. The lowest BCUT2D eigenvalue weighted by Gasteiger charge is -2.44. The van der Waals surface area contributed by atoms with Crippen molar-refractivity contribution < 1.29 is 24.2 Å². The van der Waals surface area contributed by atoms with Crippen molar-refractivity contribution >= 4 is 17.9 Å². The second-order valence-electron chi connectivity index (χ2n) is 7.28. The fourth-order valence-electron chi connectivity index (χ4n) is 3.56. The largest absolute Gasteiger partial charge is 0.465 e. The normalized spacial score (nSPS) is 18.9. The minimum Gasteiger partial charge on any atom is -0.465 e. The predicted molar refractivity (Wildman–Crippen MR) is 111 cm³/mol. The van der Waals surface area contributed by atoms with E-state index in [1.807, 2.05) is 30.3 Å². The zero-order valence-corrected chi connectivity index (χ0v) is 16.6. The highest BCUT2D eigenvalue weighted by molar-refractivity contribution is 6.07. The molecule has 1 aliphatic rings. The first-order valence-electron chi connectivity index (χ1n) is 9.58. The average molecular weight is 408 g/mol. The summed E-state index contributed by atoms with van der Waals surface area (Å²) in [7, 11) is 0. The first-order valence-corrected chi connectivity index (χ1v) is 9.58. The molecule has 1 unspecified atom stereocenters. The summed E-state index contributed by atoms with van der Waals surface area (Å²) >= 11 is 0. The number of imide groups is 1. The summed E-state index contributed by atoms with van der Waals surface area (Å²) in [5.74, 6) is -0.995. The molecule has 0 spiro atoms. The van der Waals surface area contributed by atoms with Crippen LogP contribution in [0, 0.1) is 5.41 Å². The Labute approximate surface area is 175 Å². The lowest BCUT2D eigenvalue weighted by atomic mass is 9.81. The Morgan fingerprint density at radius 2 is 1.73 bits per heavy atom. The lowest BCUT2D eigenvalue weighted by molar-refractivity contribution is -0.153. The van der Waals surface area contributed by atoms with Crippen LogP contribution in [-0.4, -0.2) is 52.6 Å². The summed E-state index contributed by atoms with van der Waals surface area (Å²) < 4.78 is 5.82. The Bertz CT molecular complexity index is 916. The van der Waals surface area contributed by atoms with Gasteiger partial charge in [-0.15, -0.1) is 6.58 Å². The topological polar surface area (TPSA) is 87.2 Å². The summed E-state index contributed by atoms with van der Waals surface area (Å²) in [6.07, 6.45) is 0.536. The van der Waals surface area contributed by atoms with Crippen molar-refractivity contribution in [1.29, 1.82) is 0 Å². The van der Waals surface area contributed by atoms with Gasteiger partial charge in [-0.3, -0.25) is 19.4 Å². The molecule has 0 radical (unpaired) electrons. The van der Waals surface area contributed by atoms with Crippen molar-refractivity contribution in [1.82, 2.24) is 9.80 Å². The van der Waals surface area contributed by atoms with Gasteiger partial charge in [0.15, 0.2) is 0 Å².